The summed E-state index contributed by atoms with van der Waals surface area (Å²) >= 11 is 0. The minimum atomic E-state index is -4.48. The maximum atomic E-state index is 12.8. The molecule has 0 unspecified atom stereocenters. The van der Waals surface area contributed by atoms with Crippen molar-refractivity contribution in [2.45, 2.75) is 49.7 Å². The summed E-state index contributed by atoms with van der Waals surface area (Å²) in [6, 6.07) is 20.7. The van der Waals surface area contributed by atoms with Crippen molar-refractivity contribution in [3.05, 3.63) is 107 Å². The fourth-order valence-corrected chi connectivity index (χ4v) is 6.14. The molecule has 212 valence electrons. The fourth-order valence-electron chi connectivity index (χ4n) is 5.03. The molecule has 4 aliphatic rings. The Hall–Kier alpha value is -3.86. The molecule has 0 radical (unpaired) electrons. The van der Waals surface area contributed by atoms with Crippen LogP contribution < -0.4 is 16.2 Å². The highest BCUT2D eigenvalue weighted by Crippen LogP contribution is 2.35. The van der Waals surface area contributed by atoms with E-state index in [1.807, 2.05) is 43.3 Å². The van der Waals surface area contributed by atoms with Crippen molar-refractivity contribution in [3.8, 4) is 11.5 Å². The Labute approximate surface area is 234 Å². The van der Waals surface area contributed by atoms with Gasteiger partial charge >= 0.3 is 0 Å². The summed E-state index contributed by atoms with van der Waals surface area (Å²) in [6.45, 7) is 1.97. The van der Waals surface area contributed by atoms with Gasteiger partial charge in [-0.1, -0.05) is 67.6 Å². The van der Waals surface area contributed by atoms with Crippen LogP contribution in [0.1, 0.15) is 60.3 Å². The Bertz CT molecular complexity index is 1430. The van der Waals surface area contributed by atoms with E-state index in [2.05, 4.69) is 4.99 Å². The van der Waals surface area contributed by atoms with Crippen LogP contribution in [0.25, 0.3) is 0 Å². The van der Waals surface area contributed by atoms with Crippen LogP contribution in [0.4, 0.5) is 0 Å². The zero-order chi connectivity index (χ0) is 28.9. The molecule has 7 N–H and O–H groups in total. The van der Waals surface area contributed by atoms with Gasteiger partial charge in [-0.25, -0.2) is 4.99 Å². The Kier molecular flexibility index (Phi) is 9.14. The summed E-state index contributed by atoms with van der Waals surface area (Å²) in [6.07, 6.45) is 2.47. The number of aliphatic imine (C=N–C) groups is 1. The maximum Gasteiger partial charge on any atom is 0.268 e. The molecule has 4 bridgehead atoms. The molecule has 0 amide bonds. The van der Waals surface area contributed by atoms with Crippen molar-refractivity contribution in [1.82, 2.24) is 0 Å². The van der Waals surface area contributed by atoms with Crippen molar-refractivity contribution in [1.29, 1.82) is 0 Å². The van der Waals surface area contributed by atoms with E-state index in [1.165, 1.54) is 18.2 Å². The molecule has 9 nitrogen and oxygen atoms in total. The highest BCUT2D eigenvalue weighted by molar-refractivity contribution is 7.86. The summed E-state index contributed by atoms with van der Waals surface area (Å²) in [5.41, 5.74) is 14.3. The van der Waals surface area contributed by atoms with E-state index < -0.39 is 33.6 Å². The standard InChI is InChI=1S/C30H35N3O6S/c1-2-20-18-28(40(36,37)38)24(11-16-27(35)22-7-12-25(34)13-8-22)17-19-3-5-23(6-4-19)29(33-30(31)32)39-26-14-9-21(20)10-15-26/h3-16,20,24,27-29,34-35H,2,17-18H2,1H3,(H4,31,32,33)(H,36,37,38)/t20-,24-,27+,28+,29-/m0/s1. The van der Waals surface area contributed by atoms with Crippen molar-refractivity contribution >= 4 is 16.1 Å². The number of aliphatic hydroxyl groups is 1. The maximum absolute atomic E-state index is 12.8. The number of rotatable bonds is 6. The first kappa shape index (κ1) is 29.1. The van der Waals surface area contributed by atoms with Crippen molar-refractivity contribution < 1.29 is 27.9 Å². The first-order valence-electron chi connectivity index (χ1n) is 13.1. The van der Waals surface area contributed by atoms with Gasteiger partial charge in [-0.3, -0.25) is 4.55 Å². The number of nitrogens with two attached hydrogens (primary N) is 2. The quantitative estimate of drug-likeness (QED) is 0.127. The van der Waals surface area contributed by atoms with Gasteiger partial charge in [0.15, 0.2) is 5.96 Å². The number of phenols is 1. The summed E-state index contributed by atoms with van der Waals surface area (Å²) in [5, 5.41) is 19.2. The van der Waals surface area contributed by atoms with E-state index in [-0.39, 0.29) is 30.5 Å². The van der Waals surface area contributed by atoms with Crippen LogP contribution in [0.2, 0.25) is 0 Å². The molecule has 10 heteroatoms. The normalized spacial score (nSPS) is 22.3. The molecular formula is C30H35N3O6S. The van der Waals surface area contributed by atoms with Gasteiger partial charge in [0.05, 0.1) is 11.4 Å². The molecule has 0 saturated carbocycles. The predicted molar refractivity (Wildman–Crippen MR) is 154 cm³/mol. The van der Waals surface area contributed by atoms with Gasteiger partial charge in [0.1, 0.15) is 11.5 Å². The third kappa shape index (κ3) is 7.41. The molecule has 0 fully saturated rings. The second-order valence-corrected chi connectivity index (χ2v) is 11.7. The van der Waals surface area contributed by atoms with Gasteiger partial charge in [-0.15, -0.1) is 0 Å². The Morgan fingerprint density at radius 1 is 1.02 bits per heavy atom. The summed E-state index contributed by atoms with van der Waals surface area (Å²) in [4.78, 5) is 4.23. The highest BCUT2D eigenvalue weighted by Gasteiger charge is 2.34. The lowest BCUT2D eigenvalue weighted by Crippen LogP contribution is -2.32. The molecular weight excluding hydrogens is 530 g/mol. The van der Waals surface area contributed by atoms with Gasteiger partial charge in [-0.05, 0) is 66.1 Å². The van der Waals surface area contributed by atoms with E-state index in [1.54, 1.807) is 30.3 Å². The summed E-state index contributed by atoms with van der Waals surface area (Å²) in [5.74, 6) is -0.330. The SMILES string of the molecule is CC[C@H]1C[C@@H](S(=O)(=O)O)[C@@H](C=C[C@@H](O)c2ccc(O)cc2)Cc2ccc(cc2)[C@@H](N=C(N)N)Oc2ccc1cc2. The fraction of sp³-hybridized carbons (Fsp3) is 0.300. The van der Waals surface area contributed by atoms with Crippen molar-refractivity contribution in [2.75, 3.05) is 0 Å². The third-order valence-corrected chi connectivity index (χ3v) is 8.55. The molecule has 4 aliphatic heterocycles. The monoisotopic (exact) mass is 565 g/mol. The lowest BCUT2D eigenvalue weighted by molar-refractivity contribution is 0.216. The number of hydrogen-bond donors (Lipinski definition) is 5. The predicted octanol–water partition coefficient (Wildman–Crippen LogP) is 4.35. The van der Waals surface area contributed by atoms with E-state index in [9.17, 15) is 23.2 Å². The number of phenolic OH excluding ortho intramolecular Hbond substituents is 1. The van der Waals surface area contributed by atoms with E-state index in [0.717, 1.165) is 11.1 Å². The van der Waals surface area contributed by atoms with E-state index in [0.29, 0.717) is 23.3 Å². The largest absolute Gasteiger partial charge is 0.508 e. The van der Waals surface area contributed by atoms with Crippen LogP contribution in [0.5, 0.6) is 11.5 Å². The van der Waals surface area contributed by atoms with Crippen LogP contribution in [-0.4, -0.2) is 34.4 Å². The molecule has 5 atom stereocenters. The zero-order valence-electron chi connectivity index (χ0n) is 22.2. The number of benzene rings is 3. The number of allylic oxidation sites excluding steroid dienone is 1. The van der Waals surface area contributed by atoms with Crippen LogP contribution in [-0.2, 0) is 16.5 Å². The molecule has 3 aromatic carbocycles. The van der Waals surface area contributed by atoms with Crippen molar-refractivity contribution in [3.63, 3.8) is 0 Å². The molecule has 0 spiro atoms. The Morgan fingerprint density at radius 3 is 2.23 bits per heavy atom. The minimum absolute atomic E-state index is 0.0720. The molecule has 40 heavy (non-hydrogen) atoms. The molecule has 4 heterocycles. The minimum Gasteiger partial charge on any atom is -0.508 e. The highest BCUT2D eigenvalue weighted by atomic mass is 32.2. The van der Waals surface area contributed by atoms with Crippen LogP contribution in [0.15, 0.2) is 89.9 Å². The Morgan fingerprint density at radius 2 is 1.65 bits per heavy atom. The first-order valence-corrected chi connectivity index (χ1v) is 14.6. The number of guanidine groups is 1. The van der Waals surface area contributed by atoms with Gasteiger partial charge in [-0.2, -0.15) is 8.42 Å². The molecule has 0 saturated heterocycles. The van der Waals surface area contributed by atoms with Gasteiger partial charge in [0.25, 0.3) is 10.1 Å². The average Bonchev–Trinajstić information content (AvgIpc) is 2.92. The van der Waals surface area contributed by atoms with Gasteiger partial charge in [0.2, 0.25) is 6.23 Å². The number of ether oxygens (including phenoxy) is 1. The first-order chi connectivity index (χ1) is 19.0. The Balaban J connectivity index is 1.79. The lowest BCUT2D eigenvalue weighted by Gasteiger charge is -2.27. The summed E-state index contributed by atoms with van der Waals surface area (Å²) in [7, 11) is -4.48. The number of hydrogen-bond acceptors (Lipinski definition) is 6. The average molecular weight is 566 g/mol. The van der Waals surface area contributed by atoms with Gasteiger partial charge in [0, 0.05) is 11.5 Å². The zero-order valence-corrected chi connectivity index (χ0v) is 23.0. The molecule has 0 aliphatic carbocycles. The molecule has 0 aromatic heterocycles. The lowest BCUT2D eigenvalue weighted by atomic mass is 9.85. The van der Waals surface area contributed by atoms with Crippen molar-refractivity contribution in [2.24, 2.45) is 22.4 Å². The van der Waals surface area contributed by atoms with E-state index in [4.69, 9.17) is 16.2 Å². The van der Waals surface area contributed by atoms with Gasteiger partial charge < -0.3 is 26.4 Å². The molecule has 7 rings (SSSR count). The number of nitrogens with zero attached hydrogens (tertiary/aromatic N) is 1. The smallest absolute Gasteiger partial charge is 0.268 e. The number of aliphatic hydroxyl groups excluding tert-OH is 1. The second-order valence-electron chi connectivity index (χ2n) is 10.0. The van der Waals surface area contributed by atoms with Crippen LogP contribution in [0, 0.1) is 5.92 Å². The summed E-state index contributed by atoms with van der Waals surface area (Å²) < 4.78 is 42.2. The second kappa shape index (κ2) is 12.5. The van der Waals surface area contributed by atoms with Crippen LogP contribution in [0.3, 0.4) is 0 Å². The van der Waals surface area contributed by atoms with Crippen LogP contribution >= 0.6 is 0 Å². The topological polar surface area (TPSA) is 168 Å². The third-order valence-electron chi connectivity index (χ3n) is 7.25. The molecule has 3 aromatic rings. The van der Waals surface area contributed by atoms with E-state index >= 15 is 0 Å². The number of aromatic hydroxyl groups is 1.